The van der Waals surface area contributed by atoms with Crippen LogP contribution in [0.25, 0.3) is 0 Å². The molecule has 0 aromatic heterocycles. The lowest BCUT2D eigenvalue weighted by atomic mass is 10.4. The van der Waals surface area contributed by atoms with Crippen LogP contribution in [0, 0.1) is 0 Å². The van der Waals surface area contributed by atoms with Crippen LogP contribution in [0.1, 0.15) is 12.8 Å². The zero-order valence-corrected chi connectivity index (χ0v) is 9.36. The normalized spacial score (nSPS) is 17.4. The largest absolute Gasteiger partial charge is 0.366 e. The van der Waals surface area contributed by atoms with Gasteiger partial charge in [-0.25, -0.2) is 0 Å². The number of likely N-dealkylation sites (N-methyl/N-ethyl adjacent to an activating group) is 1. The van der Waals surface area contributed by atoms with Crippen LogP contribution in [0.2, 0.25) is 0 Å². The Kier molecular flexibility index (Phi) is 4.45. The average molecular weight is 201 g/mol. The molecule has 0 spiro atoms. The van der Waals surface area contributed by atoms with Gasteiger partial charge in [0.2, 0.25) is 0 Å². The summed E-state index contributed by atoms with van der Waals surface area (Å²) in [6, 6.07) is 0. The highest BCUT2D eigenvalue weighted by molar-refractivity contribution is 7.80. The van der Waals surface area contributed by atoms with Crippen LogP contribution in [0.5, 0.6) is 0 Å². The highest BCUT2D eigenvalue weighted by Gasteiger charge is 2.11. The maximum absolute atomic E-state index is 5.11. The molecular formula is C9H19N3S. The minimum atomic E-state index is 0.833. The smallest absolute Gasteiger partial charge is 0.168 e. The predicted molar refractivity (Wildman–Crippen MR) is 60.0 cm³/mol. The Morgan fingerprint density at radius 3 is 2.62 bits per heavy atom. The van der Waals surface area contributed by atoms with Crippen LogP contribution < -0.4 is 5.32 Å². The fraction of sp³-hybridized carbons (Fsp3) is 0.889. The van der Waals surface area contributed by atoms with Gasteiger partial charge in [-0.3, -0.25) is 0 Å². The molecule has 0 saturated carbocycles. The molecule has 0 amide bonds. The summed E-state index contributed by atoms with van der Waals surface area (Å²) in [6.45, 7) is 4.69. The SMILES string of the molecule is CNC(=S)N(C)CCN1CCCC1. The van der Waals surface area contributed by atoms with Crippen molar-refractivity contribution in [3.05, 3.63) is 0 Å². The third-order valence-corrected chi connectivity index (χ3v) is 3.03. The summed E-state index contributed by atoms with van der Waals surface area (Å²) >= 11 is 5.11. The van der Waals surface area contributed by atoms with Crippen molar-refractivity contribution < 1.29 is 0 Å². The first-order chi connectivity index (χ1) is 6.24. The van der Waals surface area contributed by atoms with Gasteiger partial charge in [-0.1, -0.05) is 0 Å². The quantitative estimate of drug-likeness (QED) is 0.671. The van der Waals surface area contributed by atoms with Gasteiger partial charge >= 0.3 is 0 Å². The number of thiocarbonyl (C=S) groups is 1. The van der Waals surface area contributed by atoms with Crippen molar-refractivity contribution in [1.82, 2.24) is 15.1 Å². The zero-order chi connectivity index (χ0) is 9.68. The van der Waals surface area contributed by atoms with E-state index in [1.165, 1.54) is 25.9 Å². The third kappa shape index (κ3) is 3.48. The molecule has 0 atom stereocenters. The van der Waals surface area contributed by atoms with Crippen LogP contribution >= 0.6 is 12.2 Å². The molecule has 1 aliphatic rings. The Labute approximate surface area is 86.1 Å². The second-order valence-electron chi connectivity index (χ2n) is 3.53. The lowest BCUT2D eigenvalue weighted by molar-refractivity contribution is 0.307. The third-order valence-electron chi connectivity index (χ3n) is 2.51. The molecule has 1 saturated heterocycles. The molecule has 0 bridgehead atoms. The second kappa shape index (κ2) is 5.40. The van der Waals surface area contributed by atoms with Crippen LogP contribution in [0.4, 0.5) is 0 Å². The predicted octanol–water partition coefficient (Wildman–Crippen LogP) is 0.518. The van der Waals surface area contributed by atoms with E-state index in [1.807, 2.05) is 14.1 Å². The van der Waals surface area contributed by atoms with Crippen molar-refractivity contribution in [3.8, 4) is 0 Å². The highest BCUT2D eigenvalue weighted by atomic mass is 32.1. The summed E-state index contributed by atoms with van der Waals surface area (Å²) in [6.07, 6.45) is 2.72. The topological polar surface area (TPSA) is 18.5 Å². The summed E-state index contributed by atoms with van der Waals surface area (Å²) in [5.41, 5.74) is 0. The monoisotopic (exact) mass is 201 g/mol. The van der Waals surface area contributed by atoms with Crippen LogP contribution in [-0.2, 0) is 0 Å². The Balaban J connectivity index is 2.13. The summed E-state index contributed by atoms with van der Waals surface area (Å²) in [5.74, 6) is 0. The van der Waals surface area contributed by atoms with Gasteiger partial charge in [0.05, 0.1) is 0 Å². The molecule has 13 heavy (non-hydrogen) atoms. The van der Waals surface area contributed by atoms with E-state index in [9.17, 15) is 0 Å². The Bertz CT molecular complexity index is 166. The Morgan fingerprint density at radius 1 is 1.46 bits per heavy atom. The molecule has 0 radical (unpaired) electrons. The molecule has 0 aliphatic carbocycles. The first kappa shape index (κ1) is 10.7. The molecule has 0 aromatic carbocycles. The van der Waals surface area contributed by atoms with E-state index in [2.05, 4.69) is 15.1 Å². The molecule has 3 nitrogen and oxygen atoms in total. The number of hydrogen-bond acceptors (Lipinski definition) is 2. The van der Waals surface area contributed by atoms with E-state index in [0.717, 1.165) is 18.2 Å². The lowest BCUT2D eigenvalue weighted by Crippen LogP contribution is -2.39. The fourth-order valence-electron chi connectivity index (χ4n) is 1.59. The minimum absolute atomic E-state index is 0.833. The minimum Gasteiger partial charge on any atom is -0.366 e. The first-order valence-electron chi connectivity index (χ1n) is 4.89. The average Bonchev–Trinajstić information content (AvgIpc) is 2.65. The molecule has 1 fully saturated rings. The van der Waals surface area contributed by atoms with Crippen molar-refractivity contribution >= 4 is 17.3 Å². The van der Waals surface area contributed by atoms with Crippen molar-refractivity contribution in [2.45, 2.75) is 12.8 Å². The van der Waals surface area contributed by atoms with Gasteiger partial charge in [0, 0.05) is 27.2 Å². The van der Waals surface area contributed by atoms with Crippen LogP contribution in [0.3, 0.4) is 0 Å². The van der Waals surface area contributed by atoms with E-state index < -0.39 is 0 Å². The van der Waals surface area contributed by atoms with Gasteiger partial charge in [0.15, 0.2) is 5.11 Å². The van der Waals surface area contributed by atoms with E-state index >= 15 is 0 Å². The number of nitrogens with zero attached hydrogens (tertiary/aromatic N) is 2. The molecular weight excluding hydrogens is 182 g/mol. The zero-order valence-electron chi connectivity index (χ0n) is 8.55. The molecule has 1 heterocycles. The summed E-state index contributed by atoms with van der Waals surface area (Å²) < 4.78 is 0. The molecule has 0 aromatic rings. The fourth-order valence-corrected chi connectivity index (χ4v) is 1.68. The van der Waals surface area contributed by atoms with Gasteiger partial charge in [-0.2, -0.15) is 0 Å². The number of likely N-dealkylation sites (tertiary alicyclic amines) is 1. The number of hydrogen-bond donors (Lipinski definition) is 1. The Hall–Kier alpha value is -0.350. The van der Waals surface area contributed by atoms with E-state index in [-0.39, 0.29) is 0 Å². The van der Waals surface area contributed by atoms with Gasteiger partial charge < -0.3 is 15.1 Å². The summed E-state index contributed by atoms with van der Waals surface area (Å²) in [7, 11) is 3.91. The van der Waals surface area contributed by atoms with E-state index in [0.29, 0.717) is 0 Å². The lowest BCUT2D eigenvalue weighted by Gasteiger charge is -2.22. The van der Waals surface area contributed by atoms with Crippen LogP contribution in [-0.4, -0.2) is 55.2 Å². The summed E-state index contributed by atoms with van der Waals surface area (Å²) in [5, 5.41) is 3.81. The standard InChI is InChI=1S/C9H19N3S/c1-10-9(13)11(2)7-8-12-5-3-4-6-12/h3-8H2,1-2H3,(H,10,13). The van der Waals surface area contributed by atoms with Crippen molar-refractivity contribution in [2.24, 2.45) is 0 Å². The number of rotatable bonds is 3. The highest BCUT2D eigenvalue weighted by Crippen LogP contribution is 2.06. The van der Waals surface area contributed by atoms with Gasteiger partial charge in [0.1, 0.15) is 0 Å². The molecule has 76 valence electrons. The van der Waals surface area contributed by atoms with Crippen LogP contribution in [0.15, 0.2) is 0 Å². The summed E-state index contributed by atoms with van der Waals surface area (Å²) in [4.78, 5) is 4.59. The maximum Gasteiger partial charge on any atom is 0.168 e. The molecule has 4 heteroatoms. The van der Waals surface area contributed by atoms with Crippen molar-refractivity contribution in [1.29, 1.82) is 0 Å². The van der Waals surface area contributed by atoms with E-state index in [1.54, 1.807) is 0 Å². The van der Waals surface area contributed by atoms with E-state index in [4.69, 9.17) is 12.2 Å². The first-order valence-corrected chi connectivity index (χ1v) is 5.30. The van der Waals surface area contributed by atoms with Gasteiger partial charge in [-0.05, 0) is 38.1 Å². The second-order valence-corrected chi connectivity index (χ2v) is 3.91. The van der Waals surface area contributed by atoms with Crippen molar-refractivity contribution in [2.75, 3.05) is 40.3 Å². The number of nitrogens with one attached hydrogen (secondary N) is 1. The maximum atomic E-state index is 5.11. The Morgan fingerprint density at radius 2 is 2.08 bits per heavy atom. The molecule has 1 rings (SSSR count). The molecule has 1 N–H and O–H groups in total. The van der Waals surface area contributed by atoms with Gasteiger partial charge in [-0.15, -0.1) is 0 Å². The van der Waals surface area contributed by atoms with Crippen molar-refractivity contribution in [3.63, 3.8) is 0 Å². The van der Waals surface area contributed by atoms with Gasteiger partial charge in [0.25, 0.3) is 0 Å². The molecule has 0 unspecified atom stereocenters. The molecule has 1 aliphatic heterocycles.